The van der Waals surface area contributed by atoms with Gasteiger partial charge in [0.25, 0.3) is 0 Å². The van der Waals surface area contributed by atoms with E-state index in [0.717, 1.165) is 6.42 Å². The summed E-state index contributed by atoms with van der Waals surface area (Å²) in [5.74, 6) is -0.101. The van der Waals surface area contributed by atoms with Crippen LogP contribution in [0.2, 0.25) is 5.02 Å². The molecule has 0 aliphatic heterocycles. The van der Waals surface area contributed by atoms with Crippen LogP contribution in [0, 0.1) is 5.92 Å². The maximum atomic E-state index is 11.8. The highest BCUT2D eigenvalue weighted by molar-refractivity contribution is 6.30. The number of rotatable bonds is 14. The quantitative estimate of drug-likeness (QED) is 0.353. The molecule has 0 spiro atoms. The fraction of sp³-hybridized carbons (Fsp3) is 0.524. The van der Waals surface area contributed by atoms with Gasteiger partial charge in [0.1, 0.15) is 18.1 Å². The molecule has 2 N–H and O–H groups in total. The molecule has 0 saturated heterocycles. The Kier molecular flexibility index (Phi) is 11.5. The summed E-state index contributed by atoms with van der Waals surface area (Å²) in [7, 11) is 0. The normalized spacial score (nSPS) is 13.4. The number of halogens is 1. The zero-order valence-electron chi connectivity index (χ0n) is 15.8. The Morgan fingerprint density at radius 3 is 2.67 bits per heavy atom. The zero-order chi connectivity index (χ0) is 20.1. The van der Waals surface area contributed by atoms with E-state index in [-0.39, 0.29) is 24.7 Å². The van der Waals surface area contributed by atoms with E-state index in [1.165, 1.54) is 0 Å². The molecule has 27 heavy (non-hydrogen) atoms. The number of carboxylic acid groups (broad SMARTS) is 1. The summed E-state index contributed by atoms with van der Waals surface area (Å²) in [5, 5.41) is 19.2. The number of unbranched alkanes of at least 4 members (excludes halogenated alkanes) is 1. The van der Waals surface area contributed by atoms with E-state index in [0.29, 0.717) is 42.9 Å². The topological polar surface area (TPSA) is 83.8 Å². The van der Waals surface area contributed by atoms with E-state index in [2.05, 4.69) is 0 Å². The van der Waals surface area contributed by atoms with Gasteiger partial charge in [0.2, 0.25) is 0 Å². The molecule has 2 atom stereocenters. The third-order valence-corrected chi connectivity index (χ3v) is 4.49. The van der Waals surface area contributed by atoms with Crippen molar-refractivity contribution in [2.75, 3.05) is 6.61 Å². The van der Waals surface area contributed by atoms with Crippen LogP contribution >= 0.6 is 11.6 Å². The van der Waals surface area contributed by atoms with E-state index >= 15 is 0 Å². The van der Waals surface area contributed by atoms with Gasteiger partial charge in [0.15, 0.2) is 0 Å². The molecule has 0 amide bonds. The Bertz CT molecular complexity index is 614. The Balaban J connectivity index is 2.24. The fourth-order valence-electron chi connectivity index (χ4n) is 2.67. The van der Waals surface area contributed by atoms with Crippen molar-refractivity contribution in [3.05, 3.63) is 41.4 Å². The first-order chi connectivity index (χ1) is 12.9. The molecule has 1 aromatic carbocycles. The number of allylic oxidation sites excluding steroid dienone is 2. The van der Waals surface area contributed by atoms with Crippen LogP contribution < -0.4 is 4.74 Å². The largest absolute Gasteiger partial charge is 0.491 e. The summed E-state index contributed by atoms with van der Waals surface area (Å²) in [6, 6.07) is 7.03. The van der Waals surface area contributed by atoms with Gasteiger partial charge in [0.05, 0.1) is 6.10 Å². The van der Waals surface area contributed by atoms with Crippen LogP contribution in [0.3, 0.4) is 0 Å². The summed E-state index contributed by atoms with van der Waals surface area (Å²) >= 11 is 5.89. The number of carbonyl (C=O) groups is 2. The fourth-order valence-corrected chi connectivity index (χ4v) is 2.85. The lowest BCUT2D eigenvalue weighted by Gasteiger charge is -2.15. The number of aliphatic hydroxyl groups excluding tert-OH is 1. The standard InChI is InChI=1S/C21H29ClO5/c1-16(23)17(8-4-2-3-5-13-21(25)26)9-6-11-19(24)15-27-20-12-7-10-18(22)14-20/h2,4,7,10,12,14,17,19,24H,3,5-6,8-9,11,13,15H2,1H3,(H,25,26). The van der Waals surface area contributed by atoms with Crippen LogP contribution in [0.25, 0.3) is 0 Å². The minimum Gasteiger partial charge on any atom is -0.491 e. The minimum absolute atomic E-state index is 0.0678. The van der Waals surface area contributed by atoms with E-state index in [9.17, 15) is 14.7 Å². The van der Waals surface area contributed by atoms with Crippen molar-refractivity contribution in [2.45, 2.75) is 58.0 Å². The summed E-state index contributed by atoms with van der Waals surface area (Å²) < 4.78 is 5.52. The molecule has 1 rings (SSSR count). The maximum Gasteiger partial charge on any atom is 0.303 e. The lowest BCUT2D eigenvalue weighted by atomic mass is 9.93. The maximum absolute atomic E-state index is 11.8. The SMILES string of the molecule is CC(=O)C(CC=CCCCC(=O)O)CCCC(O)COc1cccc(Cl)c1. The summed E-state index contributed by atoms with van der Waals surface area (Å²) in [6.45, 7) is 1.77. The molecule has 150 valence electrons. The first-order valence-electron chi connectivity index (χ1n) is 9.32. The van der Waals surface area contributed by atoms with Crippen molar-refractivity contribution in [3.63, 3.8) is 0 Å². The molecule has 0 radical (unpaired) electrons. The van der Waals surface area contributed by atoms with Crippen molar-refractivity contribution in [1.82, 2.24) is 0 Å². The summed E-state index contributed by atoms with van der Waals surface area (Å²) in [6.07, 6.45) is 7.42. The lowest BCUT2D eigenvalue weighted by molar-refractivity contribution is -0.137. The highest BCUT2D eigenvalue weighted by Crippen LogP contribution is 2.19. The van der Waals surface area contributed by atoms with E-state index in [4.69, 9.17) is 21.4 Å². The molecule has 6 heteroatoms. The number of aliphatic hydroxyl groups is 1. The van der Waals surface area contributed by atoms with Gasteiger partial charge in [-0.1, -0.05) is 36.2 Å². The Labute approximate surface area is 166 Å². The molecular formula is C21H29ClO5. The van der Waals surface area contributed by atoms with Crippen molar-refractivity contribution in [1.29, 1.82) is 0 Å². The first-order valence-corrected chi connectivity index (χ1v) is 9.70. The van der Waals surface area contributed by atoms with E-state index in [1.807, 2.05) is 12.2 Å². The number of Topliss-reactive ketones (excluding diaryl/α,β-unsaturated/α-hetero) is 1. The summed E-state index contributed by atoms with van der Waals surface area (Å²) in [4.78, 5) is 22.2. The minimum atomic E-state index is -0.789. The number of aliphatic carboxylic acids is 1. The van der Waals surface area contributed by atoms with Crippen LogP contribution in [0.5, 0.6) is 5.75 Å². The predicted octanol–water partition coefficient (Wildman–Crippen LogP) is 4.66. The second kappa shape index (κ2) is 13.3. The zero-order valence-corrected chi connectivity index (χ0v) is 16.5. The van der Waals surface area contributed by atoms with Gasteiger partial charge in [-0.25, -0.2) is 0 Å². The average Bonchev–Trinajstić information content (AvgIpc) is 2.60. The van der Waals surface area contributed by atoms with Gasteiger partial charge in [0, 0.05) is 17.4 Å². The van der Waals surface area contributed by atoms with Crippen LogP contribution in [-0.4, -0.2) is 34.7 Å². The number of benzene rings is 1. The van der Waals surface area contributed by atoms with Gasteiger partial charge in [-0.05, 0) is 57.2 Å². The van der Waals surface area contributed by atoms with Crippen molar-refractivity contribution < 1.29 is 24.5 Å². The van der Waals surface area contributed by atoms with Crippen LogP contribution in [-0.2, 0) is 9.59 Å². The molecule has 0 saturated carbocycles. The number of carboxylic acids is 1. The molecule has 0 aromatic heterocycles. The molecule has 0 heterocycles. The van der Waals surface area contributed by atoms with Crippen molar-refractivity contribution in [2.24, 2.45) is 5.92 Å². The number of hydrogen-bond donors (Lipinski definition) is 2. The Morgan fingerprint density at radius 2 is 2.00 bits per heavy atom. The van der Waals surface area contributed by atoms with Crippen LogP contribution in [0.4, 0.5) is 0 Å². The third-order valence-electron chi connectivity index (χ3n) is 4.25. The molecule has 2 unspecified atom stereocenters. The second-order valence-corrected chi connectivity index (χ2v) is 7.09. The number of ketones is 1. The monoisotopic (exact) mass is 396 g/mol. The average molecular weight is 397 g/mol. The van der Waals surface area contributed by atoms with Gasteiger partial charge in [-0.15, -0.1) is 0 Å². The molecule has 0 aliphatic rings. The number of hydrogen-bond acceptors (Lipinski definition) is 4. The highest BCUT2D eigenvalue weighted by Gasteiger charge is 2.14. The lowest BCUT2D eigenvalue weighted by Crippen LogP contribution is -2.18. The number of carbonyl (C=O) groups excluding carboxylic acids is 1. The third kappa shape index (κ3) is 11.5. The van der Waals surface area contributed by atoms with Gasteiger partial charge in [-0.3, -0.25) is 9.59 Å². The van der Waals surface area contributed by atoms with E-state index in [1.54, 1.807) is 31.2 Å². The Morgan fingerprint density at radius 1 is 1.22 bits per heavy atom. The predicted molar refractivity (Wildman–Crippen MR) is 106 cm³/mol. The molecule has 0 fully saturated rings. The van der Waals surface area contributed by atoms with Crippen LogP contribution in [0.15, 0.2) is 36.4 Å². The Hall–Kier alpha value is -1.85. The molecule has 0 bridgehead atoms. The molecule has 1 aromatic rings. The molecule has 0 aliphatic carbocycles. The van der Waals surface area contributed by atoms with Gasteiger partial charge in [-0.2, -0.15) is 0 Å². The molecule has 5 nitrogen and oxygen atoms in total. The smallest absolute Gasteiger partial charge is 0.303 e. The summed E-state index contributed by atoms with van der Waals surface area (Å²) in [5.41, 5.74) is 0. The highest BCUT2D eigenvalue weighted by atomic mass is 35.5. The number of ether oxygens (including phenoxy) is 1. The second-order valence-electron chi connectivity index (χ2n) is 6.65. The van der Waals surface area contributed by atoms with Crippen molar-refractivity contribution in [3.8, 4) is 5.75 Å². The first kappa shape index (κ1) is 23.2. The van der Waals surface area contributed by atoms with Crippen molar-refractivity contribution >= 4 is 23.4 Å². The van der Waals surface area contributed by atoms with E-state index < -0.39 is 12.1 Å². The van der Waals surface area contributed by atoms with Crippen LogP contribution in [0.1, 0.15) is 51.9 Å². The van der Waals surface area contributed by atoms with Gasteiger partial charge >= 0.3 is 5.97 Å². The van der Waals surface area contributed by atoms with Gasteiger partial charge < -0.3 is 14.9 Å². The molecular weight excluding hydrogens is 368 g/mol.